The summed E-state index contributed by atoms with van der Waals surface area (Å²) in [5, 5.41) is 0. The number of hydrogen-bond acceptors (Lipinski definition) is 2. The molecule has 0 radical (unpaired) electrons. The van der Waals surface area contributed by atoms with Crippen LogP contribution in [0.25, 0.3) is 6.08 Å². The van der Waals surface area contributed by atoms with Gasteiger partial charge in [0, 0.05) is 17.6 Å². The van der Waals surface area contributed by atoms with E-state index in [4.69, 9.17) is 4.74 Å². The van der Waals surface area contributed by atoms with Gasteiger partial charge < -0.3 is 4.74 Å². The maximum Gasteiger partial charge on any atom is 0.189 e. The third kappa shape index (κ3) is 2.14. The van der Waals surface area contributed by atoms with Crippen molar-refractivity contribution in [3.63, 3.8) is 0 Å². The Morgan fingerprint density at radius 3 is 2.65 bits per heavy atom. The lowest BCUT2D eigenvalue weighted by Crippen LogP contribution is -1.95. The van der Waals surface area contributed by atoms with E-state index in [0.717, 1.165) is 40.0 Å². The van der Waals surface area contributed by atoms with Crippen LogP contribution in [-0.2, 0) is 6.42 Å². The maximum atomic E-state index is 12.3. The van der Waals surface area contributed by atoms with Gasteiger partial charge in [-0.3, -0.25) is 4.79 Å². The van der Waals surface area contributed by atoms with Crippen molar-refractivity contribution in [2.75, 3.05) is 7.11 Å². The highest BCUT2D eigenvalue weighted by molar-refractivity contribution is 6.15. The predicted octanol–water partition coefficient (Wildman–Crippen LogP) is 3.83. The SMILES string of the molecule is COc1ccc(/C=C2/Cc3ccccc3C2=O)cc1C. The second kappa shape index (κ2) is 4.97. The molecule has 0 amide bonds. The number of Topliss-reactive ketones (excluding diaryl/α,β-unsaturated/α-hetero) is 1. The van der Waals surface area contributed by atoms with Crippen molar-refractivity contribution in [3.05, 3.63) is 70.3 Å². The van der Waals surface area contributed by atoms with Crippen molar-refractivity contribution in [2.45, 2.75) is 13.3 Å². The van der Waals surface area contributed by atoms with E-state index in [9.17, 15) is 4.79 Å². The highest BCUT2D eigenvalue weighted by Crippen LogP contribution is 2.28. The minimum Gasteiger partial charge on any atom is -0.496 e. The molecule has 20 heavy (non-hydrogen) atoms. The number of ether oxygens (including phenoxy) is 1. The Morgan fingerprint density at radius 2 is 1.95 bits per heavy atom. The molecule has 0 atom stereocenters. The van der Waals surface area contributed by atoms with E-state index in [1.54, 1.807) is 7.11 Å². The molecule has 100 valence electrons. The van der Waals surface area contributed by atoms with Crippen molar-refractivity contribution in [3.8, 4) is 5.75 Å². The van der Waals surface area contributed by atoms with Crippen molar-refractivity contribution >= 4 is 11.9 Å². The van der Waals surface area contributed by atoms with Crippen LogP contribution in [0.4, 0.5) is 0 Å². The smallest absolute Gasteiger partial charge is 0.189 e. The Balaban J connectivity index is 1.95. The normalized spacial score (nSPS) is 15.5. The molecule has 0 spiro atoms. The first-order chi connectivity index (χ1) is 9.69. The predicted molar refractivity (Wildman–Crippen MR) is 80.2 cm³/mol. The van der Waals surface area contributed by atoms with Crippen LogP contribution in [-0.4, -0.2) is 12.9 Å². The van der Waals surface area contributed by atoms with Gasteiger partial charge in [0.15, 0.2) is 5.78 Å². The van der Waals surface area contributed by atoms with Crippen molar-refractivity contribution in [2.24, 2.45) is 0 Å². The molecular weight excluding hydrogens is 248 g/mol. The number of carbonyl (C=O) groups is 1. The van der Waals surface area contributed by atoms with Gasteiger partial charge in [0.2, 0.25) is 0 Å². The van der Waals surface area contributed by atoms with Gasteiger partial charge >= 0.3 is 0 Å². The minimum absolute atomic E-state index is 0.147. The number of allylic oxidation sites excluding steroid dienone is 1. The third-order valence-electron chi connectivity index (χ3n) is 3.69. The van der Waals surface area contributed by atoms with Gasteiger partial charge in [0.05, 0.1) is 7.11 Å². The monoisotopic (exact) mass is 264 g/mol. The molecule has 0 bridgehead atoms. The molecule has 1 aliphatic rings. The van der Waals surface area contributed by atoms with Crippen LogP contribution in [0, 0.1) is 6.92 Å². The number of carbonyl (C=O) groups excluding carboxylic acids is 1. The quantitative estimate of drug-likeness (QED) is 0.771. The van der Waals surface area contributed by atoms with E-state index in [1.807, 2.05) is 55.5 Å². The fourth-order valence-corrected chi connectivity index (χ4v) is 2.66. The molecule has 0 heterocycles. The van der Waals surface area contributed by atoms with Gasteiger partial charge in [0.25, 0.3) is 0 Å². The molecule has 0 saturated heterocycles. The van der Waals surface area contributed by atoms with Crippen LogP contribution in [0.3, 0.4) is 0 Å². The Hall–Kier alpha value is -2.35. The lowest BCUT2D eigenvalue weighted by molar-refractivity contribution is 0.104. The Bertz CT molecular complexity index is 711. The summed E-state index contributed by atoms with van der Waals surface area (Å²) in [6, 6.07) is 13.8. The number of benzene rings is 2. The van der Waals surface area contributed by atoms with Crippen LogP contribution >= 0.6 is 0 Å². The largest absolute Gasteiger partial charge is 0.496 e. The first kappa shape index (κ1) is 12.7. The van der Waals surface area contributed by atoms with Gasteiger partial charge in [-0.2, -0.15) is 0 Å². The standard InChI is InChI=1S/C18H16O2/c1-12-9-13(7-8-17(12)20-2)10-15-11-14-5-3-4-6-16(14)18(15)19/h3-10H,11H2,1-2H3/b15-10-. The molecular formula is C18H16O2. The number of ketones is 1. The summed E-state index contributed by atoms with van der Waals surface area (Å²) in [4.78, 5) is 12.3. The molecule has 2 nitrogen and oxygen atoms in total. The molecule has 2 aromatic rings. The van der Waals surface area contributed by atoms with Crippen LogP contribution in [0.5, 0.6) is 5.75 Å². The van der Waals surface area contributed by atoms with Crippen LogP contribution in [0.15, 0.2) is 48.0 Å². The summed E-state index contributed by atoms with van der Waals surface area (Å²) in [6.45, 7) is 2.01. The molecule has 0 fully saturated rings. The molecule has 0 N–H and O–H groups in total. The Labute approximate surface area is 118 Å². The maximum absolute atomic E-state index is 12.3. The van der Waals surface area contributed by atoms with E-state index >= 15 is 0 Å². The van der Waals surface area contributed by atoms with Crippen molar-refractivity contribution < 1.29 is 9.53 Å². The van der Waals surface area contributed by atoms with Crippen molar-refractivity contribution in [1.82, 2.24) is 0 Å². The summed E-state index contributed by atoms with van der Waals surface area (Å²) >= 11 is 0. The first-order valence-electron chi connectivity index (χ1n) is 6.67. The molecule has 0 aromatic heterocycles. The topological polar surface area (TPSA) is 26.3 Å². The Morgan fingerprint density at radius 1 is 1.15 bits per heavy atom. The minimum atomic E-state index is 0.147. The molecule has 2 aromatic carbocycles. The van der Waals surface area contributed by atoms with E-state index in [2.05, 4.69) is 0 Å². The van der Waals surface area contributed by atoms with E-state index < -0.39 is 0 Å². The van der Waals surface area contributed by atoms with E-state index in [0.29, 0.717) is 0 Å². The second-order valence-electron chi connectivity index (χ2n) is 5.06. The van der Waals surface area contributed by atoms with E-state index in [-0.39, 0.29) is 5.78 Å². The second-order valence-corrected chi connectivity index (χ2v) is 5.06. The molecule has 1 aliphatic carbocycles. The zero-order valence-corrected chi connectivity index (χ0v) is 11.6. The van der Waals surface area contributed by atoms with Gasteiger partial charge in [0.1, 0.15) is 5.75 Å². The average Bonchev–Trinajstić information content (AvgIpc) is 2.76. The highest BCUT2D eigenvalue weighted by atomic mass is 16.5. The van der Waals surface area contributed by atoms with Crippen LogP contribution < -0.4 is 4.74 Å². The summed E-state index contributed by atoms with van der Waals surface area (Å²) in [6.07, 6.45) is 2.70. The lowest BCUT2D eigenvalue weighted by atomic mass is 10.1. The Kier molecular flexibility index (Phi) is 3.15. The van der Waals surface area contributed by atoms with Crippen molar-refractivity contribution in [1.29, 1.82) is 0 Å². The molecule has 0 saturated carbocycles. The molecule has 0 aliphatic heterocycles. The number of fused-ring (bicyclic) bond motifs is 1. The van der Waals surface area contributed by atoms with Gasteiger partial charge in [-0.1, -0.05) is 30.3 Å². The van der Waals surface area contributed by atoms with Crippen LogP contribution in [0.2, 0.25) is 0 Å². The number of hydrogen-bond donors (Lipinski definition) is 0. The number of methoxy groups -OCH3 is 1. The molecule has 3 rings (SSSR count). The fraction of sp³-hybridized carbons (Fsp3) is 0.167. The van der Waals surface area contributed by atoms with Gasteiger partial charge in [-0.15, -0.1) is 0 Å². The number of rotatable bonds is 2. The fourth-order valence-electron chi connectivity index (χ4n) is 2.66. The first-order valence-corrected chi connectivity index (χ1v) is 6.67. The molecule has 0 unspecified atom stereocenters. The van der Waals surface area contributed by atoms with Gasteiger partial charge in [-0.25, -0.2) is 0 Å². The highest BCUT2D eigenvalue weighted by Gasteiger charge is 2.23. The molecule has 2 heteroatoms. The third-order valence-corrected chi connectivity index (χ3v) is 3.69. The van der Waals surface area contributed by atoms with Crippen LogP contribution in [0.1, 0.15) is 27.0 Å². The summed E-state index contributed by atoms with van der Waals surface area (Å²) < 4.78 is 5.25. The van der Waals surface area contributed by atoms with E-state index in [1.165, 1.54) is 0 Å². The van der Waals surface area contributed by atoms with Gasteiger partial charge in [-0.05, 0) is 41.8 Å². The average molecular weight is 264 g/mol. The summed E-state index contributed by atoms with van der Waals surface area (Å²) in [5.74, 6) is 1.02. The zero-order valence-electron chi connectivity index (χ0n) is 11.6. The number of aryl methyl sites for hydroxylation is 1. The zero-order chi connectivity index (χ0) is 14.1. The lowest BCUT2D eigenvalue weighted by Gasteiger charge is -2.05. The summed E-state index contributed by atoms with van der Waals surface area (Å²) in [7, 11) is 1.66. The summed E-state index contributed by atoms with van der Waals surface area (Å²) in [5.41, 5.74) is 4.93.